The molecule has 0 spiro atoms. The van der Waals surface area contributed by atoms with Gasteiger partial charge in [0.1, 0.15) is 0 Å². The molecule has 1 fully saturated rings. The van der Waals surface area contributed by atoms with Crippen LogP contribution in [0, 0.1) is 5.92 Å². The number of nitrogens with two attached hydrogens (primary N) is 1. The van der Waals surface area contributed by atoms with Crippen LogP contribution in [0.15, 0.2) is 0 Å². The zero-order valence-electron chi connectivity index (χ0n) is 12.1. The minimum absolute atomic E-state index is 0.0356. The van der Waals surface area contributed by atoms with Crippen molar-refractivity contribution in [3.8, 4) is 0 Å². The number of hydrogen-bond acceptors (Lipinski definition) is 5. The molecule has 0 saturated carbocycles. The first-order valence-corrected chi connectivity index (χ1v) is 10.1. The summed E-state index contributed by atoms with van der Waals surface area (Å²) in [6.07, 6.45) is 1.73. The van der Waals surface area contributed by atoms with Crippen molar-refractivity contribution in [3.05, 3.63) is 0 Å². The maximum atomic E-state index is 12.2. The minimum Gasteiger partial charge on any atom is -0.328 e. The summed E-state index contributed by atoms with van der Waals surface area (Å²) < 4.78 is 50.6. The summed E-state index contributed by atoms with van der Waals surface area (Å²) in [7, 11) is -6.78. The van der Waals surface area contributed by atoms with Gasteiger partial charge < -0.3 is 5.73 Å². The molecule has 0 bridgehead atoms. The fourth-order valence-electron chi connectivity index (χ4n) is 2.21. The predicted molar refractivity (Wildman–Crippen MR) is 79.2 cm³/mol. The molecule has 1 rings (SSSR count). The summed E-state index contributed by atoms with van der Waals surface area (Å²) in [5.74, 6) is -0.0904. The van der Waals surface area contributed by atoms with Gasteiger partial charge in [0.2, 0.25) is 20.0 Å². The van der Waals surface area contributed by atoms with Gasteiger partial charge in [-0.2, -0.15) is 0 Å². The van der Waals surface area contributed by atoms with Crippen LogP contribution >= 0.6 is 0 Å². The van der Waals surface area contributed by atoms with E-state index in [4.69, 9.17) is 5.73 Å². The highest BCUT2D eigenvalue weighted by molar-refractivity contribution is 7.90. The summed E-state index contributed by atoms with van der Waals surface area (Å²) in [4.78, 5) is 0. The second-order valence-electron chi connectivity index (χ2n) is 5.23. The van der Waals surface area contributed by atoms with E-state index < -0.39 is 20.0 Å². The Morgan fingerprint density at radius 2 is 2.00 bits per heavy atom. The van der Waals surface area contributed by atoms with Crippen LogP contribution in [0.4, 0.5) is 0 Å². The Bertz CT molecular complexity index is 502. The number of piperidine rings is 1. The second kappa shape index (κ2) is 7.17. The normalized spacial score (nSPS) is 23.6. The van der Waals surface area contributed by atoms with Crippen LogP contribution < -0.4 is 10.5 Å². The van der Waals surface area contributed by atoms with E-state index in [2.05, 4.69) is 4.72 Å². The monoisotopic (exact) mass is 327 g/mol. The topological polar surface area (TPSA) is 110 Å². The lowest BCUT2D eigenvalue weighted by atomic mass is 9.93. The fraction of sp³-hybridized carbons (Fsp3) is 1.00. The molecule has 0 aromatic rings. The molecule has 0 aromatic heterocycles. The van der Waals surface area contributed by atoms with Crippen molar-refractivity contribution in [1.29, 1.82) is 0 Å². The van der Waals surface area contributed by atoms with E-state index in [0.29, 0.717) is 13.1 Å². The summed E-state index contributed by atoms with van der Waals surface area (Å²) >= 11 is 0. The number of nitrogens with one attached hydrogen (secondary N) is 1. The van der Waals surface area contributed by atoms with E-state index in [1.165, 1.54) is 11.2 Å². The molecule has 1 heterocycles. The van der Waals surface area contributed by atoms with Crippen LogP contribution in [0.25, 0.3) is 0 Å². The molecule has 7 nitrogen and oxygen atoms in total. The highest BCUT2D eigenvalue weighted by atomic mass is 32.2. The van der Waals surface area contributed by atoms with Crippen LogP contribution in [0.2, 0.25) is 0 Å². The molecular weight excluding hydrogens is 302 g/mol. The van der Waals surface area contributed by atoms with E-state index in [1.807, 2.05) is 6.92 Å². The highest BCUT2D eigenvalue weighted by Crippen LogP contribution is 2.21. The van der Waals surface area contributed by atoms with E-state index in [-0.39, 0.29) is 30.0 Å². The van der Waals surface area contributed by atoms with Gasteiger partial charge in [0.05, 0.1) is 11.5 Å². The third-order valence-electron chi connectivity index (χ3n) is 3.62. The number of rotatable bonds is 7. The van der Waals surface area contributed by atoms with Gasteiger partial charge in [0, 0.05) is 25.7 Å². The first-order chi connectivity index (χ1) is 9.18. The van der Waals surface area contributed by atoms with Crippen LogP contribution in [-0.2, 0) is 20.0 Å². The Balaban J connectivity index is 2.56. The first kappa shape index (κ1) is 17.8. The van der Waals surface area contributed by atoms with Crippen LogP contribution in [-0.4, -0.2) is 58.3 Å². The molecule has 1 aliphatic heterocycles. The average Bonchev–Trinajstić information content (AvgIpc) is 2.38. The lowest BCUT2D eigenvalue weighted by molar-refractivity contribution is 0.243. The van der Waals surface area contributed by atoms with Gasteiger partial charge in [-0.05, 0) is 32.6 Å². The molecule has 0 aromatic carbocycles. The molecule has 2 atom stereocenters. The average molecular weight is 327 g/mol. The van der Waals surface area contributed by atoms with Crippen LogP contribution in [0.3, 0.4) is 0 Å². The first-order valence-electron chi connectivity index (χ1n) is 6.88. The Morgan fingerprint density at radius 3 is 2.55 bits per heavy atom. The Labute approximate surface area is 122 Å². The Hall–Kier alpha value is -0.220. The lowest BCUT2D eigenvalue weighted by Gasteiger charge is -2.33. The van der Waals surface area contributed by atoms with E-state index >= 15 is 0 Å². The zero-order chi connectivity index (χ0) is 15.4. The van der Waals surface area contributed by atoms with E-state index in [1.54, 1.807) is 0 Å². The zero-order valence-corrected chi connectivity index (χ0v) is 13.7. The molecular formula is C11H25N3O4S2. The Morgan fingerprint density at radius 1 is 1.35 bits per heavy atom. The summed E-state index contributed by atoms with van der Waals surface area (Å²) in [5, 5.41) is 0. The predicted octanol–water partition coefficient (Wildman–Crippen LogP) is -0.685. The van der Waals surface area contributed by atoms with Gasteiger partial charge in [0.25, 0.3) is 0 Å². The summed E-state index contributed by atoms with van der Waals surface area (Å²) in [6.45, 7) is 4.23. The maximum absolute atomic E-state index is 12.2. The largest absolute Gasteiger partial charge is 0.328 e. The van der Waals surface area contributed by atoms with Crippen molar-refractivity contribution < 1.29 is 16.8 Å². The summed E-state index contributed by atoms with van der Waals surface area (Å²) in [6, 6.07) is -0.0356. The van der Waals surface area contributed by atoms with Crippen molar-refractivity contribution in [2.75, 3.05) is 31.1 Å². The molecule has 0 radical (unpaired) electrons. The van der Waals surface area contributed by atoms with Gasteiger partial charge in [-0.15, -0.1) is 0 Å². The van der Waals surface area contributed by atoms with Crippen molar-refractivity contribution in [2.24, 2.45) is 11.7 Å². The molecule has 1 aliphatic rings. The molecule has 1 saturated heterocycles. The molecule has 9 heteroatoms. The van der Waals surface area contributed by atoms with Gasteiger partial charge in [-0.1, -0.05) is 0 Å². The molecule has 120 valence electrons. The van der Waals surface area contributed by atoms with Crippen LogP contribution in [0.5, 0.6) is 0 Å². The molecule has 0 aliphatic carbocycles. The van der Waals surface area contributed by atoms with Gasteiger partial charge in [-0.25, -0.2) is 25.9 Å². The molecule has 20 heavy (non-hydrogen) atoms. The Kier molecular flexibility index (Phi) is 6.39. The highest BCUT2D eigenvalue weighted by Gasteiger charge is 2.30. The third kappa shape index (κ3) is 5.28. The second-order valence-corrected chi connectivity index (χ2v) is 9.42. The lowest BCUT2D eigenvalue weighted by Crippen LogP contribution is -2.46. The van der Waals surface area contributed by atoms with Crippen LogP contribution in [0.1, 0.15) is 26.7 Å². The summed E-state index contributed by atoms with van der Waals surface area (Å²) in [5.41, 5.74) is 5.83. The fourth-order valence-corrected chi connectivity index (χ4v) is 4.40. The number of hydrogen-bond donors (Lipinski definition) is 2. The van der Waals surface area contributed by atoms with Crippen molar-refractivity contribution >= 4 is 20.0 Å². The van der Waals surface area contributed by atoms with Crippen molar-refractivity contribution in [2.45, 2.75) is 32.7 Å². The SMILES string of the molecule is CCS(=O)(=O)NCCS(=O)(=O)N1CCCC(C(C)N)C1. The van der Waals surface area contributed by atoms with E-state index in [9.17, 15) is 16.8 Å². The molecule has 0 amide bonds. The van der Waals surface area contributed by atoms with Gasteiger partial charge >= 0.3 is 0 Å². The molecule has 2 unspecified atom stereocenters. The number of sulfonamides is 2. The van der Waals surface area contributed by atoms with Gasteiger partial charge in [-0.3, -0.25) is 0 Å². The molecule has 3 N–H and O–H groups in total. The van der Waals surface area contributed by atoms with Crippen molar-refractivity contribution in [3.63, 3.8) is 0 Å². The van der Waals surface area contributed by atoms with Gasteiger partial charge in [0.15, 0.2) is 0 Å². The van der Waals surface area contributed by atoms with Crippen molar-refractivity contribution in [1.82, 2.24) is 9.03 Å². The third-order valence-corrected chi connectivity index (χ3v) is 6.86. The quantitative estimate of drug-likeness (QED) is 0.643. The minimum atomic E-state index is -3.43. The smallest absolute Gasteiger partial charge is 0.215 e. The van der Waals surface area contributed by atoms with E-state index in [0.717, 1.165) is 12.8 Å². The number of nitrogens with zero attached hydrogens (tertiary/aromatic N) is 1. The maximum Gasteiger partial charge on any atom is 0.215 e. The standard InChI is InChI=1S/C11H25N3O4S2/c1-3-19(15,16)13-6-8-20(17,18)14-7-4-5-11(9-14)10(2)12/h10-11,13H,3-9,12H2,1-2H3.